The Morgan fingerprint density at radius 1 is 1.50 bits per heavy atom. The van der Waals surface area contributed by atoms with Crippen molar-refractivity contribution in [3.8, 4) is 0 Å². The summed E-state index contributed by atoms with van der Waals surface area (Å²) < 4.78 is 12.8. The van der Waals surface area contributed by atoms with Crippen LogP contribution in [0.3, 0.4) is 0 Å². The summed E-state index contributed by atoms with van der Waals surface area (Å²) in [5, 5.41) is 10.5. The molecule has 30 heavy (non-hydrogen) atoms. The Balaban J connectivity index is 2.09. The predicted molar refractivity (Wildman–Crippen MR) is 107 cm³/mol. The van der Waals surface area contributed by atoms with Gasteiger partial charge in [-0.15, -0.1) is 5.11 Å². The van der Waals surface area contributed by atoms with Crippen LogP contribution in [0.15, 0.2) is 15.1 Å². The Bertz CT molecular complexity index is 916. The van der Waals surface area contributed by atoms with Crippen LogP contribution in [-0.2, 0) is 14.3 Å². The van der Waals surface area contributed by atoms with E-state index in [0.717, 1.165) is 11.4 Å². The number of ether oxygens (including phenoxy) is 2. The number of thiazole rings is 1. The first-order valence-electron chi connectivity index (χ1n) is 9.45. The first-order chi connectivity index (χ1) is 14.1. The van der Waals surface area contributed by atoms with Crippen molar-refractivity contribution in [1.82, 2.24) is 9.58 Å². The fraction of sp³-hybridized carbons (Fsp3) is 0.688. The minimum atomic E-state index is -1.21. The number of esters is 1. The summed E-state index contributed by atoms with van der Waals surface area (Å²) in [7, 11) is 0. The van der Waals surface area contributed by atoms with Crippen molar-refractivity contribution in [1.29, 1.82) is 0 Å². The van der Waals surface area contributed by atoms with Gasteiger partial charge in [0, 0.05) is 6.92 Å². The summed E-state index contributed by atoms with van der Waals surface area (Å²) in [6, 6.07) is 0. The van der Waals surface area contributed by atoms with Crippen molar-refractivity contribution in [2.75, 3.05) is 5.32 Å². The van der Waals surface area contributed by atoms with Crippen molar-refractivity contribution in [3.05, 3.63) is 14.5 Å². The maximum Gasteiger partial charge on any atom is 0.311 e. The van der Waals surface area contributed by atoms with E-state index in [1.807, 2.05) is 6.92 Å². The van der Waals surface area contributed by atoms with Gasteiger partial charge in [-0.05, 0) is 19.8 Å². The smallest absolute Gasteiger partial charge is 0.311 e. The molecule has 3 rings (SSSR count). The fourth-order valence-corrected chi connectivity index (χ4v) is 4.72. The van der Waals surface area contributed by atoms with Crippen LogP contribution in [0, 0.1) is 0 Å². The quantitative estimate of drug-likeness (QED) is 0.154. The van der Waals surface area contributed by atoms with Gasteiger partial charge in [0.1, 0.15) is 22.3 Å². The summed E-state index contributed by atoms with van der Waals surface area (Å²) in [5.74, 6) is 9.88. The summed E-state index contributed by atoms with van der Waals surface area (Å²) in [4.78, 5) is 36.7. The number of rotatable bonds is 6. The summed E-state index contributed by atoms with van der Waals surface area (Å²) in [6.45, 7) is 4.94. The van der Waals surface area contributed by atoms with Gasteiger partial charge >= 0.3 is 10.8 Å². The van der Waals surface area contributed by atoms with Gasteiger partial charge in [-0.25, -0.2) is 10.9 Å². The summed E-state index contributed by atoms with van der Waals surface area (Å²) in [6.07, 6.45) is -1.21. The van der Waals surface area contributed by atoms with Crippen LogP contribution in [0.25, 0.3) is 0 Å². The second-order valence-corrected chi connectivity index (χ2v) is 8.31. The Hall–Kier alpha value is -2.55. The molecular formula is C16H26N8O5S. The highest BCUT2D eigenvalue weighted by Gasteiger charge is 2.53. The van der Waals surface area contributed by atoms with Gasteiger partial charge in [0.05, 0.1) is 6.10 Å². The maximum absolute atomic E-state index is 12.9. The van der Waals surface area contributed by atoms with Gasteiger partial charge in [0.15, 0.2) is 6.23 Å². The number of fused-ring (bicyclic) bond motifs is 1. The van der Waals surface area contributed by atoms with Crippen molar-refractivity contribution in [2.45, 2.75) is 70.3 Å². The molecule has 1 aromatic heterocycles. The number of hydrogen-bond acceptors (Lipinski definition) is 11. The van der Waals surface area contributed by atoms with E-state index in [0.29, 0.717) is 24.2 Å². The number of carbonyl (C=O) groups excluding carboxylic acids is 2. The molecule has 5 atom stereocenters. The number of nitrogens with one attached hydrogen (secondary N) is 1. The molecule has 14 heteroatoms. The molecule has 3 heterocycles. The zero-order valence-corrected chi connectivity index (χ0v) is 17.7. The van der Waals surface area contributed by atoms with E-state index in [1.165, 1.54) is 11.5 Å². The largest absolute Gasteiger partial charge is 0.461 e. The van der Waals surface area contributed by atoms with Crippen LogP contribution < -0.4 is 27.6 Å². The number of hydrogen-bond donors (Lipinski definition) is 4. The number of aromatic nitrogens is 1. The Kier molecular flexibility index (Phi) is 6.12. The highest BCUT2D eigenvalue weighted by molar-refractivity contribution is 7.12. The monoisotopic (exact) mass is 442 g/mol. The Morgan fingerprint density at radius 2 is 2.20 bits per heavy atom. The lowest BCUT2D eigenvalue weighted by Gasteiger charge is -2.36. The van der Waals surface area contributed by atoms with Gasteiger partial charge in [-0.1, -0.05) is 29.9 Å². The van der Waals surface area contributed by atoms with Crippen LogP contribution in [0.4, 0.5) is 5.82 Å². The molecule has 166 valence electrons. The lowest BCUT2D eigenvalue weighted by atomic mass is 9.87. The van der Waals surface area contributed by atoms with Gasteiger partial charge in [0.25, 0.3) is 5.91 Å². The van der Waals surface area contributed by atoms with Gasteiger partial charge in [-0.3, -0.25) is 19.0 Å². The highest BCUT2D eigenvalue weighted by atomic mass is 32.1. The van der Waals surface area contributed by atoms with Crippen LogP contribution in [0.1, 0.15) is 55.9 Å². The zero-order valence-electron chi connectivity index (χ0n) is 16.9. The average Bonchev–Trinajstić information content (AvgIpc) is 3.16. The number of amides is 1. The zero-order chi connectivity index (χ0) is 22.2. The molecule has 0 aromatic carbocycles. The van der Waals surface area contributed by atoms with Crippen LogP contribution >= 0.6 is 11.3 Å². The van der Waals surface area contributed by atoms with Crippen molar-refractivity contribution >= 4 is 29.0 Å². The van der Waals surface area contributed by atoms with Crippen molar-refractivity contribution in [2.24, 2.45) is 27.8 Å². The fourth-order valence-electron chi connectivity index (χ4n) is 3.82. The highest BCUT2D eigenvalue weighted by Crippen LogP contribution is 2.43. The number of nitrogens with two attached hydrogens (primary N) is 3. The van der Waals surface area contributed by atoms with Crippen LogP contribution in [0.2, 0.25) is 0 Å². The Labute approximate surface area is 176 Å². The maximum atomic E-state index is 12.9. The molecule has 0 aliphatic carbocycles. The topological polar surface area (TPSA) is 193 Å². The standard InChI is InChI=1S/C16H26N8O5S/c1-4-5-9-6-16(17,7(2)28-8(3)25)13(29-9)23-11-10(30-15(23)27)12(26)24(19)14(20-11)21-22-18/h7,9,13-14,20H,4-6,17,19H2,1-3H3,(H2,18,21)/t7-,9?,13+,14?,16+/m0/s1. The number of nitrogens with zero attached hydrogens (tertiary/aromatic N) is 4. The van der Waals surface area contributed by atoms with Gasteiger partial charge in [-0.2, -0.15) is 0 Å². The third-order valence-corrected chi connectivity index (χ3v) is 6.23. The van der Waals surface area contributed by atoms with Crippen molar-refractivity contribution < 1.29 is 19.1 Å². The van der Waals surface area contributed by atoms with E-state index in [1.54, 1.807) is 6.92 Å². The van der Waals surface area contributed by atoms with E-state index in [4.69, 9.17) is 26.9 Å². The Morgan fingerprint density at radius 3 is 2.80 bits per heavy atom. The molecule has 1 fully saturated rings. The van der Waals surface area contributed by atoms with Gasteiger partial charge in [0.2, 0.25) is 6.29 Å². The molecule has 0 bridgehead atoms. The summed E-state index contributed by atoms with van der Waals surface area (Å²) >= 11 is 0.703. The molecule has 0 spiro atoms. The van der Waals surface area contributed by atoms with Crippen LogP contribution in [0.5, 0.6) is 0 Å². The number of anilines is 1. The molecule has 1 saturated heterocycles. The first kappa shape index (κ1) is 22.1. The molecule has 1 aromatic rings. The molecule has 2 unspecified atom stereocenters. The van der Waals surface area contributed by atoms with E-state index in [9.17, 15) is 14.4 Å². The van der Waals surface area contributed by atoms with Gasteiger partial charge < -0.3 is 26.4 Å². The van der Waals surface area contributed by atoms with E-state index >= 15 is 0 Å². The van der Waals surface area contributed by atoms with E-state index in [2.05, 4.69) is 15.7 Å². The first-order valence-corrected chi connectivity index (χ1v) is 10.3. The predicted octanol–water partition coefficient (Wildman–Crippen LogP) is -0.00260. The second kappa shape index (κ2) is 8.29. The summed E-state index contributed by atoms with van der Waals surface area (Å²) in [5.41, 5.74) is 5.49. The SMILES string of the molecule is CCCC1C[C@@](N)([C@H](C)OC(C)=O)[C@H](n2c3c(sc2=O)C(=O)N(N)C(N=NN)N3)O1. The molecule has 13 nitrogen and oxygen atoms in total. The van der Waals surface area contributed by atoms with Crippen LogP contribution in [-0.4, -0.2) is 45.5 Å². The normalized spacial score (nSPS) is 29.7. The van der Waals surface area contributed by atoms with E-state index in [-0.39, 0.29) is 16.8 Å². The lowest BCUT2D eigenvalue weighted by molar-refractivity contribution is -0.151. The number of carbonyl (C=O) groups is 2. The molecule has 7 N–H and O–H groups in total. The molecule has 2 aliphatic rings. The second-order valence-electron chi connectivity index (χ2n) is 7.34. The average molecular weight is 443 g/mol. The lowest BCUT2D eigenvalue weighted by Crippen LogP contribution is -2.57. The minimum Gasteiger partial charge on any atom is -0.461 e. The molecule has 0 radical (unpaired) electrons. The molecule has 2 aliphatic heterocycles. The third kappa shape index (κ3) is 3.66. The van der Waals surface area contributed by atoms with Crippen molar-refractivity contribution in [3.63, 3.8) is 0 Å². The minimum absolute atomic E-state index is 0.0796. The third-order valence-electron chi connectivity index (χ3n) is 5.28. The molecule has 1 amide bonds. The number of hydrazine groups is 1. The van der Waals surface area contributed by atoms with E-state index < -0.39 is 40.9 Å². The molecule has 0 saturated carbocycles. The molecular weight excluding hydrogens is 416 g/mol.